The highest BCUT2D eigenvalue weighted by atomic mass is 16.3. The van der Waals surface area contributed by atoms with Crippen molar-refractivity contribution < 1.29 is 5.11 Å². The molecule has 2 N–H and O–H groups in total. The van der Waals surface area contributed by atoms with Gasteiger partial charge in [-0.1, -0.05) is 0 Å². The van der Waals surface area contributed by atoms with Crippen LogP contribution in [0.3, 0.4) is 0 Å². The Morgan fingerprint density at radius 1 is 1.56 bits per heavy atom. The van der Waals surface area contributed by atoms with Crippen LogP contribution >= 0.6 is 0 Å². The van der Waals surface area contributed by atoms with Crippen LogP contribution in [0.15, 0.2) is 18.3 Å². The van der Waals surface area contributed by atoms with Gasteiger partial charge in [-0.25, -0.2) is 0 Å². The lowest BCUT2D eigenvalue weighted by atomic mass is 10.2. The summed E-state index contributed by atoms with van der Waals surface area (Å²) < 4.78 is 0. The second kappa shape index (κ2) is 6.45. The third-order valence-corrected chi connectivity index (χ3v) is 2.47. The molecule has 0 amide bonds. The number of aliphatic hydroxyl groups excluding tert-OH is 1. The summed E-state index contributed by atoms with van der Waals surface area (Å²) in [6.07, 6.45) is 2.37. The third kappa shape index (κ3) is 4.59. The second-order valence-corrected chi connectivity index (χ2v) is 4.16. The van der Waals surface area contributed by atoms with Crippen molar-refractivity contribution in [2.45, 2.75) is 26.0 Å². The zero-order valence-corrected chi connectivity index (χ0v) is 10.3. The molecule has 1 rings (SSSR count). The Morgan fingerprint density at radius 3 is 2.94 bits per heavy atom. The Labute approximate surface area is 97.3 Å². The molecule has 0 saturated carbocycles. The van der Waals surface area contributed by atoms with Gasteiger partial charge >= 0.3 is 0 Å². The minimum atomic E-state index is -0.237. The number of rotatable bonds is 6. The molecular weight excluding hydrogens is 202 g/mol. The van der Waals surface area contributed by atoms with E-state index in [1.165, 1.54) is 0 Å². The average molecular weight is 223 g/mol. The average Bonchev–Trinajstić information content (AvgIpc) is 2.26. The predicted molar refractivity (Wildman–Crippen MR) is 66.4 cm³/mol. The van der Waals surface area contributed by atoms with E-state index in [9.17, 15) is 5.11 Å². The van der Waals surface area contributed by atoms with Gasteiger partial charge in [0.1, 0.15) is 0 Å². The number of pyridine rings is 1. The number of aliphatic hydroxyl groups is 1. The number of hydrogen-bond acceptors (Lipinski definition) is 4. The number of nitrogens with one attached hydrogen (secondary N) is 1. The second-order valence-electron chi connectivity index (χ2n) is 4.16. The molecule has 0 saturated heterocycles. The molecule has 90 valence electrons. The molecule has 1 unspecified atom stereocenters. The summed E-state index contributed by atoms with van der Waals surface area (Å²) >= 11 is 0. The summed E-state index contributed by atoms with van der Waals surface area (Å²) in [5.74, 6) is 0. The highest BCUT2D eigenvalue weighted by Crippen LogP contribution is 2.08. The summed E-state index contributed by atoms with van der Waals surface area (Å²) in [5.41, 5.74) is 2.12. The fourth-order valence-corrected chi connectivity index (χ4v) is 1.48. The van der Waals surface area contributed by atoms with E-state index in [0.29, 0.717) is 0 Å². The maximum absolute atomic E-state index is 9.20. The normalized spacial score (nSPS) is 12.8. The molecule has 0 aliphatic carbocycles. The highest BCUT2D eigenvalue weighted by Gasteiger charge is 2.04. The summed E-state index contributed by atoms with van der Waals surface area (Å²) in [4.78, 5) is 6.47. The molecule has 0 spiro atoms. The zero-order valence-electron chi connectivity index (χ0n) is 10.3. The first-order chi connectivity index (χ1) is 7.61. The Morgan fingerprint density at radius 2 is 2.31 bits per heavy atom. The van der Waals surface area contributed by atoms with E-state index in [-0.39, 0.29) is 6.10 Å². The third-order valence-electron chi connectivity index (χ3n) is 2.47. The van der Waals surface area contributed by atoms with Crippen LogP contribution in [0.2, 0.25) is 0 Å². The van der Waals surface area contributed by atoms with E-state index in [4.69, 9.17) is 0 Å². The Hall–Kier alpha value is -1.13. The van der Waals surface area contributed by atoms with Gasteiger partial charge in [0.2, 0.25) is 0 Å². The van der Waals surface area contributed by atoms with Crippen LogP contribution in [0, 0.1) is 0 Å². The summed E-state index contributed by atoms with van der Waals surface area (Å²) in [7, 11) is 3.94. The maximum atomic E-state index is 9.20. The minimum absolute atomic E-state index is 0.237. The lowest BCUT2D eigenvalue weighted by Gasteiger charge is -2.17. The quantitative estimate of drug-likeness (QED) is 0.764. The van der Waals surface area contributed by atoms with Gasteiger partial charge in [0.25, 0.3) is 0 Å². The molecule has 1 atom stereocenters. The molecule has 16 heavy (non-hydrogen) atoms. The number of anilines is 1. The minimum Gasteiger partial charge on any atom is -0.393 e. The van der Waals surface area contributed by atoms with Crippen LogP contribution in [0.5, 0.6) is 0 Å². The standard InChI is InChI=1S/C12H21N3O/c1-10(16)5-7-15(3)9-12-8-11(13-2)4-6-14-12/h4,6,8,10,16H,5,7,9H2,1-3H3,(H,13,14). The van der Waals surface area contributed by atoms with E-state index in [0.717, 1.165) is 30.9 Å². The van der Waals surface area contributed by atoms with Crippen LogP contribution in [0.1, 0.15) is 19.0 Å². The van der Waals surface area contributed by atoms with Gasteiger partial charge in [0, 0.05) is 32.0 Å². The van der Waals surface area contributed by atoms with Crippen molar-refractivity contribution in [2.75, 3.05) is 26.0 Å². The van der Waals surface area contributed by atoms with Crippen molar-refractivity contribution in [3.8, 4) is 0 Å². The molecule has 0 bridgehead atoms. The van der Waals surface area contributed by atoms with Crippen molar-refractivity contribution in [3.63, 3.8) is 0 Å². The van der Waals surface area contributed by atoms with E-state index < -0.39 is 0 Å². The molecule has 0 radical (unpaired) electrons. The molecule has 0 aliphatic heterocycles. The highest BCUT2D eigenvalue weighted by molar-refractivity contribution is 5.42. The van der Waals surface area contributed by atoms with Gasteiger partial charge in [-0.15, -0.1) is 0 Å². The lowest BCUT2D eigenvalue weighted by molar-refractivity contribution is 0.162. The molecule has 1 aromatic rings. The summed E-state index contributed by atoms with van der Waals surface area (Å²) in [6, 6.07) is 3.98. The number of nitrogens with zero attached hydrogens (tertiary/aromatic N) is 2. The molecule has 0 aromatic carbocycles. The molecule has 0 aliphatic rings. The summed E-state index contributed by atoms with van der Waals surface area (Å²) in [5, 5.41) is 12.3. The first-order valence-electron chi connectivity index (χ1n) is 5.61. The van der Waals surface area contributed by atoms with Crippen LogP contribution in [0.25, 0.3) is 0 Å². The van der Waals surface area contributed by atoms with Crippen LogP contribution < -0.4 is 5.32 Å². The monoisotopic (exact) mass is 223 g/mol. The summed E-state index contributed by atoms with van der Waals surface area (Å²) in [6.45, 7) is 3.50. The van der Waals surface area contributed by atoms with Crippen molar-refractivity contribution in [1.82, 2.24) is 9.88 Å². The van der Waals surface area contributed by atoms with E-state index in [1.54, 1.807) is 0 Å². The molecule has 4 heteroatoms. The molecular formula is C12H21N3O. The van der Waals surface area contributed by atoms with E-state index >= 15 is 0 Å². The van der Waals surface area contributed by atoms with Crippen molar-refractivity contribution in [3.05, 3.63) is 24.0 Å². The van der Waals surface area contributed by atoms with Gasteiger partial charge in [-0.3, -0.25) is 4.98 Å². The smallest absolute Gasteiger partial charge is 0.0564 e. The zero-order chi connectivity index (χ0) is 12.0. The topological polar surface area (TPSA) is 48.4 Å². The van der Waals surface area contributed by atoms with Gasteiger partial charge < -0.3 is 15.3 Å². The van der Waals surface area contributed by atoms with Crippen LogP contribution in [-0.2, 0) is 6.54 Å². The molecule has 0 fully saturated rings. The Bertz CT molecular complexity index is 315. The molecule has 4 nitrogen and oxygen atoms in total. The Balaban J connectivity index is 2.45. The predicted octanol–water partition coefficient (Wildman–Crippen LogP) is 1.33. The van der Waals surface area contributed by atoms with Crippen molar-refractivity contribution >= 4 is 5.69 Å². The van der Waals surface area contributed by atoms with Gasteiger partial charge in [0.15, 0.2) is 0 Å². The fraction of sp³-hybridized carbons (Fsp3) is 0.583. The fourth-order valence-electron chi connectivity index (χ4n) is 1.48. The van der Waals surface area contributed by atoms with Crippen LogP contribution in [-0.4, -0.2) is 41.7 Å². The van der Waals surface area contributed by atoms with Crippen LogP contribution in [0.4, 0.5) is 5.69 Å². The van der Waals surface area contributed by atoms with Crippen molar-refractivity contribution in [2.24, 2.45) is 0 Å². The largest absolute Gasteiger partial charge is 0.393 e. The lowest BCUT2D eigenvalue weighted by Crippen LogP contribution is -2.22. The maximum Gasteiger partial charge on any atom is 0.0564 e. The van der Waals surface area contributed by atoms with Gasteiger partial charge in [-0.2, -0.15) is 0 Å². The molecule has 1 aromatic heterocycles. The first-order valence-corrected chi connectivity index (χ1v) is 5.61. The van der Waals surface area contributed by atoms with Gasteiger partial charge in [-0.05, 0) is 32.5 Å². The van der Waals surface area contributed by atoms with Gasteiger partial charge in [0.05, 0.1) is 11.8 Å². The van der Waals surface area contributed by atoms with E-state index in [2.05, 4.69) is 15.2 Å². The Kier molecular flexibility index (Phi) is 5.22. The SMILES string of the molecule is CNc1ccnc(CN(C)CCC(C)O)c1. The molecule has 1 heterocycles. The van der Waals surface area contributed by atoms with E-state index in [1.807, 2.05) is 39.3 Å². The first kappa shape index (κ1) is 12.9. The van der Waals surface area contributed by atoms with Crippen molar-refractivity contribution in [1.29, 1.82) is 0 Å². The number of aromatic nitrogens is 1. The number of hydrogen-bond donors (Lipinski definition) is 2.